The van der Waals surface area contributed by atoms with E-state index in [1.807, 2.05) is 0 Å². The molecule has 0 aliphatic heterocycles. The van der Waals surface area contributed by atoms with Gasteiger partial charge in [-0.15, -0.1) is 0 Å². The van der Waals surface area contributed by atoms with Gasteiger partial charge in [-0.25, -0.2) is 0 Å². The molecule has 112 valence electrons. The zero-order valence-electron chi connectivity index (χ0n) is 11.8. The fourth-order valence-electron chi connectivity index (χ4n) is 2.63. The molecule has 0 heterocycles. The topological polar surface area (TPSA) is 72.8 Å². The highest BCUT2D eigenvalue weighted by Crippen LogP contribution is 2.49. The molecule has 2 aromatic carbocycles. The van der Waals surface area contributed by atoms with Gasteiger partial charge in [0, 0.05) is 11.1 Å². The molecule has 1 aliphatic carbocycles. The van der Waals surface area contributed by atoms with Crippen LogP contribution in [0.15, 0.2) is 28.7 Å². The van der Waals surface area contributed by atoms with Gasteiger partial charge in [0.2, 0.25) is 0 Å². The highest BCUT2D eigenvalue weighted by atomic mass is 79.9. The monoisotopic (exact) mass is 362 g/mol. The van der Waals surface area contributed by atoms with Crippen LogP contribution >= 0.6 is 15.9 Å². The Kier molecular flexibility index (Phi) is 3.41. The molecule has 22 heavy (non-hydrogen) atoms. The maximum absolute atomic E-state index is 12.8. The summed E-state index contributed by atoms with van der Waals surface area (Å²) in [6, 6.07) is 6.53. The van der Waals surface area contributed by atoms with Crippen LogP contribution in [0.5, 0.6) is 17.2 Å². The first-order valence-corrected chi connectivity index (χ1v) is 7.17. The van der Waals surface area contributed by atoms with Gasteiger partial charge < -0.3 is 14.6 Å². The molecule has 0 radical (unpaired) electrons. The van der Waals surface area contributed by atoms with Crippen molar-refractivity contribution in [3.05, 3.63) is 51.0 Å². The first-order valence-electron chi connectivity index (χ1n) is 6.37. The maximum atomic E-state index is 12.8. The molecule has 1 aliphatic rings. The Bertz CT molecular complexity index is 758. The number of phenolic OH excluding ortho intramolecular Hbond substituents is 1. The van der Waals surface area contributed by atoms with E-state index < -0.39 is 0 Å². The first kappa shape index (κ1) is 14.6. The first-order chi connectivity index (χ1) is 10.5. The summed E-state index contributed by atoms with van der Waals surface area (Å²) >= 11 is 3.18. The number of methoxy groups -OCH3 is 2. The largest absolute Gasteiger partial charge is 0.503 e. The van der Waals surface area contributed by atoms with Crippen molar-refractivity contribution in [2.75, 3.05) is 14.2 Å². The predicted octanol–water partition coefficient (Wildman–Crippen LogP) is 2.95. The summed E-state index contributed by atoms with van der Waals surface area (Å²) in [6.45, 7) is 0. The van der Waals surface area contributed by atoms with E-state index in [-0.39, 0.29) is 50.0 Å². The summed E-state index contributed by atoms with van der Waals surface area (Å²) in [5.41, 5.74) is 0.691. The van der Waals surface area contributed by atoms with Gasteiger partial charge in [0.25, 0.3) is 0 Å². The van der Waals surface area contributed by atoms with Crippen molar-refractivity contribution in [3.8, 4) is 17.2 Å². The number of hydrogen-bond donors (Lipinski definition) is 1. The van der Waals surface area contributed by atoms with E-state index in [1.165, 1.54) is 14.2 Å². The van der Waals surface area contributed by atoms with Gasteiger partial charge in [-0.2, -0.15) is 0 Å². The van der Waals surface area contributed by atoms with Gasteiger partial charge >= 0.3 is 0 Å². The third kappa shape index (κ3) is 1.77. The maximum Gasteiger partial charge on any atom is 0.198 e. The molecule has 3 rings (SSSR count). The Morgan fingerprint density at radius 2 is 1.36 bits per heavy atom. The molecule has 0 unspecified atom stereocenters. The minimum Gasteiger partial charge on any atom is -0.503 e. The number of aromatic hydroxyl groups is 1. The van der Waals surface area contributed by atoms with E-state index in [2.05, 4.69) is 15.9 Å². The third-order valence-electron chi connectivity index (χ3n) is 3.61. The van der Waals surface area contributed by atoms with Gasteiger partial charge in [0.05, 0.1) is 25.3 Å². The lowest BCUT2D eigenvalue weighted by molar-refractivity contribution is 0.0973. The van der Waals surface area contributed by atoms with E-state index in [4.69, 9.17) is 9.47 Å². The Labute approximate surface area is 134 Å². The number of ether oxygens (including phenoxy) is 2. The molecular weight excluding hydrogens is 352 g/mol. The molecule has 0 fully saturated rings. The molecule has 0 bridgehead atoms. The van der Waals surface area contributed by atoms with Crippen LogP contribution in [0.25, 0.3) is 0 Å². The molecule has 0 saturated carbocycles. The number of phenols is 1. The van der Waals surface area contributed by atoms with Gasteiger partial charge in [-0.1, -0.05) is 24.3 Å². The fraction of sp³-hybridized carbons (Fsp3) is 0.125. The summed E-state index contributed by atoms with van der Waals surface area (Å²) in [7, 11) is 2.69. The molecule has 0 saturated heterocycles. The SMILES string of the molecule is COc1c(O)c(Br)c(OC)c2c1C(=O)c1ccccc1C2=O. The Balaban J connectivity index is 2.46. The smallest absolute Gasteiger partial charge is 0.198 e. The van der Waals surface area contributed by atoms with Crippen LogP contribution in [0.3, 0.4) is 0 Å². The zero-order valence-corrected chi connectivity index (χ0v) is 13.4. The number of benzene rings is 2. The molecule has 1 N–H and O–H groups in total. The van der Waals surface area contributed by atoms with Crippen molar-refractivity contribution in [2.24, 2.45) is 0 Å². The van der Waals surface area contributed by atoms with Gasteiger partial charge in [0.1, 0.15) is 10.2 Å². The van der Waals surface area contributed by atoms with E-state index in [0.717, 1.165) is 0 Å². The second-order valence-corrected chi connectivity index (χ2v) is 5.48. The molecule has 2 aromatic rings. The normalized spacial score (nSPS) is 12.7. The predicted molar refractivity (Wildman–Crippen MR) is 82.2 cm³/mol. The second kappa shape index (κ2) is 5.14. The lowest BCUT2D eigenvalue weighted by Gasteiger charge is -2.23. The minimum atomic E-state index is -0.386. The van der Waals surface area contributed by atoms with E-state index in [9.17, 15) is 14.7 Å². The zero-order chi connectivity index (χ0) is 16.0. The van der Waals surface area contributed by atoms with Crippen LogP contribution in [0.4, 0.5) is 0 Å². The van der Waals surface area contributed by atoms with Gasteiger partial charge in [-0.05, 0) is 15.9 Å². The second-order valence-electron chi connectivity index (χ2n) is 4.68. The summed E-state index contributed by atoms with van der Waals surface area (Å²) in [5.74, 6) is -0.945. The number of fused-ring (bicyclic) bond motifs is 2. The van der Waals surface area contributed by atoms with Gasteiger partial charge in [0.15, 0.2) is 23.1 Å². The highest BCUT2D eigenvalue weighted by molar-refractivity contribution is 9.10. The third-order valence-corrected chi connectivity index (χ3v) is 4.34. The fourth-order valence-corrected chi connectivity index (χ4v) is 3.17. The molecule has 6 heteroatoms. The molecule has 0 amide bonds. The number of carbonyl (C=O) groups excluding carboxylic acids is 2. The number of ketones is 2. The number of rotatable bonds is 2. The summed E-state index contributed by atoms with van der Waals surface area (Å²) in [6.07, 6.45) is 0. The van der Waals surface area contributed by atoms with Gasteiger partial charge in [-0.3, -0.25) is 9.59 Å². The van der Waals surface area contributed by atoms with Crippen LogP contribution in [0, 0.1) is 0 Å². The summed E-state index contributed by atoms with van der Waals surface area (Å²) < 4.78 is 10.5. The van der Waals surface area contributed by atoms with Crippen LogP contribution in [0.1, 0.15) is 31.8 Å². The van der Waals surface area contributed by atoms with Crippen LogP contribution in [-0.4, -0.2) is 30.9 Å². The van der Waals surface area contributed by atoms with Crippen molar-refractivity contribution in [1.82, 2.24) is 0 Å². The van der Waals surface area contributed by atoms with Crippen LogP contribution < -0.4 is 9.47 Å². The van der Waals surface area contributed by atoms with Crippen molar-refractivity contribution >= 4 is 27.5 Å². The summed E-state index contributed by atoms with van der Waals surface area (Å²) in [5, 5.41) is 10.2. The van der Waals surface area contributed by atoms with E-state index in [0.29, 0.717) is 5.56 Å². The Morgan fingerprint density at radius 3 is 1.82 bits per heavy atom. The number of hydrogen-bond acceptors (Lipinski definition) is 5. The van der Waals surface area contributed by atoms with Crippen LogP contribution in [-0.2, 0) is 0 Å². The van der Waals surface area contributed by atoms with Crippen molar-refractivity contribution in [3.63, 3.8) is 0 Å². The molecule has 0 atom stereocenters. The lowest BCUT2D eigenvalue weighted by Crippen LogP contribution is -2.22. The lowest BCUT2D eigenvalue weighted by atomic mass is 9.83. The average molecular weight is 363 g/mol. The van der Waals surface area contributed by atoms with Crippen molar-refractivity contribution in [2.45, 2.75) is 0 Å². The van der Waals surface area contributed by atoms with E-state index >= 15 is 0 Å². The molecule has 0 spiro atoms. The Hall–Kier alpha value is -2.34. The molecular formula is C16H11BrO5. The quantitative estimate of drug-likeness (QED) is 0.758. The van der Waals surface area contributed by atoms with E-state index in [1.54, 1.807) is 24.3 Å². The number of halogens is 1. The minimum absolute atomic E-state index is 0.0174. The molecule has 0 aromatic heterocycles. The molecule has 5 nitrogen and oxygen atoms in total. The number of carbonyl (C=O) groups is 2. The van der Waals surface area contributed by atoms with Crippen LogP contribution in [0.2, 0.25) is 0 Å². The standard InChI is InChI=1S/C16H11BrO5/c1-21-15-9-10(16(22-2)14(20)11(15)17)13(19)8-6-4-3-5-7(8)12(9)18/h3-6,20H,1-2H3. The highest BCUT2D eigenvalue weighted by Gasteiger charge is 2.38. The van der Waals surface area contributed by atoms with Crippen molar-refractivity contribution in [1.29, 1.82) is 0 Å². The van der Waals surface area contributed by atoms with Crippen molar-refractivity contribution < 1.29 is 24.2 Å². The average Bonchev–Trinajstić information content (AvgIpc) is 2.54. The Morgan fingerprint density at radius 1 is 0.909 bits per heavy atom. The summed E-state index contributed by atoms with van der Waals surface area (Å²) in [4.78, 5) is 25.5.